The first kappa shape index (κ1) is 26.4. The Balaban J connectivity index is 1.53. The lowest BCUT2D eigenvalue weighted by atomic mass is 9.90. The number of methoxy groups -OCH3 is 1. The first-order valence-electron chi connectivity index (χ1n) is 12.9. The number of carbonyl (C=O) groups excluding carboxylic acids is 3. The fourth-order valence-electron chi connectivity index (χ4n) is 5.27. The van der Waals surface area contributed by atoms with Gasteiger partial charge in [0.2, 0.25) is 11.8 Å². The van der Waals surface area contributed by atoms with Crippen LogP contribution in [-0.4, -0.2) is 85.3 Å². The van der Waals surface area contributed by atoms with E-state index in [0.29, 0.717) is 56.8 Å². The fraction of sp³-hybridized carbons (Fsp3) is 0.667. The number of ether oxygens (including phenoxy) is 3. The van der Waals surface area contributed by atoms with E-state index in [-0.39, 0.29) is 35.8 Å². The van der Waals surface area contributed by atoms with Gasteiger partial charge < -0.3 is 24.4 Å². The van der Waals surface area contributed by atoms with Crippen molar-refractivity contribution in [3.8, 4) is 5.75 Å². The van der Waals surface area contributed by atoms with Crippen LogP contribution >= 0.6 is 0 Å². The maximum absolute atomic E-state index is 13.9. The summed E-state index contributed by atoms with van der Waals surface area (Å²) in [6.07, 6.45) is 3.27. The number of likely N-dealkylation sites (tertiary alicyclic amines) is 1. The number of piperidine rings is 1. The van der Waals surface area contributed by atoms with Gasteiger partial charge >= 0.3 is 0 Å². The zero-order valence-corrected chi connectivity index (χ0v) is 21.9. The molecule has 1 N–H and O–H groups in total. The van der Waals surface area contributed by atoms with Gasteiger partial charge in [-0.3, -0.25) is 19.3 Å². The van der Waals surface area contributed by atoms with Gasteiger partial charge in [0.05, 0.1) is 19.8 Å². The summed E-state index contributed by atoms with van der Waals surface area (Å²) in [6.45, 7) is 8.32. The first-order chi connectivity index (χ1) is 17.1. The maximum Gasteiger partial charge on any atom is 0.257 e. The third kappa shape index (κ3) is 5.83. The van der Waals surface area contributed by atoms with E-state index < -0.39 is 11.8 Å². The van der Waals surface area contributed by atoms with Crippen molar-refractivity contribution in [3.05, 3.63) is 29.8 Å². The topological polar surface area (TPSA) is 97.4 Å². The van der Waals surface area contributed by atoms with Crippen LogP contribution in [0.1, 0.15) is 63.2 Å². The summed E-state index contributed by atoms with van der Waals surface area (Å²) in [4.78, 5) is 43.4. The Labute approximate surface area is 213 Å². The van der Waals surface area contributed by atoms with E-state index in [4.69, 9.17) is 14.2 Å². The van der Waals surface area contributed by atoms with Gasteiger partial charge in [0, 0.05) is 51.1 Å². The molecule has 4 rings (SSSR count). The van der Waals surface area contributed by atoms with Gasteiger partial charge in [-0.2, -0.15) is 0 Å². The highest BCUT2D eigenvalue weighted by Crippen LogP contribution is 2.39. The Bertz CT molecular complexity index is 961. The van der Waals surface area contributed by atoms with Crippen LogP contribution in [0, 0.1) is 5.41 Å². The van der Waals surface area contributed by atoms with Crippen LogP contribution in [0.5, 0.6) is 5.75 Å². The van der Waals surface area contributed by atoms with Gasteiger partial charge in [-0.05, 0) is 36.5 Å². The molecule has 0 aromatic heterocycles. The summed E-state index contributed by atoms with van der Waals surface area (Å²) in [5.74, 6) is 0.145. The maximum atomic E-state index is 13.9. The molecule has 0 bridgehead atoms. The molecule has 3 aliphatic heterocycles. The molecule has 198 valence electrons. The SMILES string of the molecule is COc1cccc(C(=O)N2[C@@H](C(=O)NC[C@@H]3CCCO3)COC23CCN(C(=O)CC(C)(C)C)CC3)c1. The predicted octanol–water partition coefficient (Wildman–Crippen LogP) is 2.59. The van der Waals surface area contributed by atoms with Crippen LogP contribution in [0.4, 0.5) is 0 Å². The molecule has 9 nitrogen and oxygen atoms in total. The molecule has 3 fully saturated rings. The third-order valence-electron chi connectivity index (χ3n) is 7.21. The fourth-order valence-corrected chi connectivity index (χ4v) is 5.27. The van der Waals surface area contributed by atoms with Crippen LogP contribution in [0.3, 0.4) is 0 Å². The van der Waals surface area contributed by atoms with Crippen molar-refractivity contribution >= 4 is 17.7 Å². The van der Waals surface area contributed by atoms with E-state index in [9.17, 15) is 14.4 Å². The number of benzene rings is 1. The highest BCUT2D eigenvalue weighted by molar-refractivity contribution is 5.98. The minimum Gasteiger partial charge on any atom is -0.497 e. The van der Waals surface area contributed by atoms with Crippen molar-refractivity contribution in [3.63, 3.8) is 0 Å². The molecule has 36 heavy (non-hydrogen) atoms. The molecule has 0 saturated carbocycles. The van der Waals surface area contributed by atoms with Crippen LogP contribution in [0.15, 0.2) is 24.3 Å². The summed E-state index contributed by atoms with van der Waals surface area (Å²) in [5, 5.41) is 2.97. The Morgan fingerprint density at radius 1 is 1.19 bits per heavy atom. The molecule has 0 radical (unpaired) electrons. The zero-order valence-electron chi connectivity index (χ0n) is 21.9. The second-order valence-corrected chi connectivity index (χ2v) is 11.2. The van der Waals surface area contributed by atoms with E-state index in [1.54, 1.807) is 36.3 Å². The number of amides is 3. The molecule has 0 unspecified atom stereocenters. The second-order valence-electron chi connectivity index (χ2n) is 11.2. The molecule has 3 heterocycles. The summed E-state index contributed by atoms with van der Waals surface area (Å²) < 4.78 is 17.2. The van der Waals surface area contributed by atoms with Crippen molar-refractivity contribution in [1.82, 2.24) is 15.1 Å². The van der Waals surface area contributed by atoms with Crippen LogP contribution in [0.25, 0.3) is 0 Å². The second kappa shape index (κ2) is 10.8. The standard InChI is InChI=1S/C27H39N3O6/c1-26(2,3)16-23(31)29-12-10-27(11-13-29)30(25(33)19-7-5-8-20(15-19)34-4)22(18-36-27)24(32)28-17-21-9-6-14-35-21/h5,7-8,15,21-22H,6,9-14,16-18H2,1-4H3,(H,28,32)/t21-,22+/m0/s1. The number of nitrogens with zero attached hydrogens (tertiary/aromatic N) is 2. The lowest BCUT2D eigenvalue weighted by Crippen LogP contribution is -2.60. The zero-order chi connectivity index (χ0) is 25.9. The van der Waals surface area contributed by atoms with Crippen LogP contribution in [-0.2, 0) is 19.1 Å². The van der Waals surface area contributed by atoms with E-state index in [1.807, 2.05) is 25.7 Å². The van der Waals surface area contributed by atoms with E-state index >= 15 is 0 Å². The quantitative estimate of drug-likeness (QED) is 0.644. The molecule has 2 atom stereocenters. The monoisotopic (exact) mass is 501 g/mol. The largest absolute Gasteiger partial charge is 0.497 e. The van der Waals surface area contributed by atoms with Gasteiger partial charge in [0.25, 0.3) is 5.91 Å². The number of hydrogen-bond acceptors (Lipinski definition) is 6. The molecule has 9 heteroatoms. The van der Waals surface area contributed by atoms with Crippen LogP contribution in [0.2, 0.25) is 0 Å². The first-order valence-corrected chi connectivity index (χ1v) is 12.9. The molecule has 3 amide bonds. The summed E-state index contributed by atoms with van der Waals surface area (Å²) in [6, 6.07) is 6.17. The average Bonchev–Trinajstić information content (AvgIpc) is 3.50. The van der Waals surface area contributed by atoms with Crippen molar-refractivity contribution in [2.24, 2.45) is 5.41 Å². The molecule has 3 saturated heterocycles. The minimum atomic E-state index is -0.940. The van der Waals surface area contributed by atoms with Crippen molar-refractivity contribution in [2.45, 2.75) is 70.7 Å². The van der Waals surface area contributed by atoms with E-state index in [2.05, 4.69) is 5.32 Å². The van der Waals surface area contributed by atoms with Crippen LogP contribution < -0.4 is 10.1 Å². The van der Waals surface area contributed by atoms with Crippen molar-refractivity contribution < 1.29 is 28.6 Å². The normalized spacial score (nSPS) is 23.7. The molecule has 1 aromatic carbocycles. The number of hydrogen-bond donors (Lipinski definition) is 1. The van der Waals surface area contributed by atoms with Gasteiger partial charge in [0.1, 0.15) is 17.5 Å². The Kier molecular flexibility index (Phi) is 7.90. The lowest BCUT2D eigenvalue weighted by Gasteiger charge is -2.45. The number of carbonyl (C=O) groups is 3. The average molecular weight is 502 g/mol. The smallest absolute Gasteiger partial charge is 0.257 e. The molecule has 3 aliphatic rings. The summed E-state index contributed by atoms with van der Waals surface area (Å²) >= 11 is 0. The third-order valence-corrected chi connectivity index (χ3v) is 7.21. The van der Waals surface area contributed by atoms with Gasteiger partial charge in [-0.25, -0.2) is 0 Å². The molecule has 1 aromatic rings. The Morgan fingerprint density at radius 2 is 1.94 bits per heavy atom. The molecular formula is C27H39N3O6. The van der Waals surface area contributed by atoms with Gasteiger partial charge in [0.15, 0.2) is 0 Å². The highest BCUT2D eigenvalue weighted by Gasteiger charge is 2.54. The van der Waals surface area contributed by atoms with E-state index in [1.165, 1.54) is 0 Å². The molecule has 0 aliphatic carbocycles. The molecular weight excluding hydrogens is 462 g/mol. The summed E-state index contributed by atoms with van der Waals surface area (Å²) in [7, 11) is 1.55. The van der Waals surface area contributed by atoms with Crippen molar-refractivity contribution in [1.29, 1.82) is 0 Å². The lowest BCUT2D eigenvalue weighted by molar-refractivity contribution is -0.145. The van der Waals surface area contributed by atoms with Crippen molar-refractivity contribution in [2.75, 3.05) is 40.0 Å². The number of rotatable bonds is 6. The van der Waals surface area contributed by atoms with Gasteiger partial charge in [-0.15, -0.1) is 0 Å². The van der Waals surface area contributed by atoms with E-state index in [0.717, 1.165) is 12.8 Å². The summed E-state index contributed by atoms with van der Waals surface area (Å²) in [5.41, 5.74) is -0.608. The highest BCUT2D eigenvalue weighted by atomic mass is 16.5. The molecule has 1 spiro atoms. The Morgan fingerprint density at radius 3 is 2.58 bits per heavy atom. The number of nitrogens with one attached hydrogen (secondary N) is 1. The van der Waals surface area contributed by atoms with Gasteiger partial charge in [-0.1, -0.05) is 26.8 Å². The Hall–Kier alpha value is -2.65. The predicted molar refractivity (Wildman–Crippen MR) is 134 cm³/mol. The minimum absolute atomic E-state index is 0.00448.